The summed E-state index contributed by atoms with van der Waals surface area (Å²) in [4.78, 5) is 0. The van der Waals surface area contributed by atoms with Gasteiger partial charge in [0.2, 0.25) is 0 Å². The summed E-state index contributed by atoms with van der Waals surface area (Å²) in [7, 11) is 0. The fourth-order valence-electron chi connectivity index (χ4n) is 2.50. The topological polar surface area (TPSA) is 4.93 Å². The molecule has 3 rings (SSSR count). The molecule has 1 heterocycles. The molecule has 3 aromatic rings. The fraction of sp³-hybridized carbons (Fsp3) is 0.111. The maximum absolute atomic E-state index is 3.50. The summed E-state index contributed by atoms with van der Waals surface area (Å²) < 4.78 is 4.71. The molecule has 0 saturated carbocycles. The molecule has 0 atom stereocenters. The molecule has 0 aliphatic rings. The minimum absolute atomic E-state index is 1.10. The van der Waals surface area contributed by atoms with Gasteiger partial charge in [0, 0.05) is 19.4 Å². The summed E-state index contributed by atoms with van der Waals surface area (Å²) in [5, 5.41) is 0. The number of hydrogen-bond acceptors (Lipinski definition) is 0. The van der Waals surface area contributed by atoms with Crippen LogP contribution in [0.4, 0.5) is 0 Å². The summed E-state index contributed by atoms with van der Waals surface area (Å²) in [5.41, 5.74) is 6.22. The van der Waals surface area contributed by atoms with Gasteiger partial charge in [0.1, 0.15) is 0 Å². The van der Waals surface area contributed by atoms with Crippen LogP contribution in [0.5, 0.6) is 0 Å². The predicted molar refractivity (Wildman–Crippen MR) is 101 cm³/mol. The number of halogens is 2. The first-order valence-corrected chi connectivity index (χ1v) is 8.64. The first-order chi connectivity index (χ1) is 10.1. The Morgan fingerprint density at radius 2 is 1.62 bits per heavy atom. The molecule has 0 spiro atoms. The highest BCUT2D eigenvalue weighted by molar-refractivity contribution is 14.1. The summed E-state index contributed by atoms with van der Waals surface area (Å²) in [5.74, 6) is 0. The third-order valence-corrected chi connectivity index (χ3v) is 5.35. The molecular formula is C18H15BrIN. The molecule has 0 N–H and O–H groups in total. The monoisotopic (exact) mass is 451 g/mol. The average molecular weight is 452 g/mol. The van der Waals surface area contributed by atoms with E-state index in [1.165, 1.54) is 31.8 Å². The van der Waals surface area contributed by atoms with E-state index in [9.17, 15) is 0 Å². The lowest BCUT2D eigenvalue weighted by atomic mass is 10.1. The van der Waals surface area contributed by atoms with Gasteiger partial charge in [-0.1, -0.05) is 28.1 Å². The Balaban J connectivity index is 2.16. The summed E-state index contributed by atoms with van der Waals surface area (Å²) in [6.07, 6.45) is 0. The van der Waals surface area contributed by atoms with E-state index in [-0.39, 0.29) is 0 Å². The zero-order valence-corrected chi connectivity index (χ0v) is 15.6. The van der Waals surface area contributed by atoms with E-state index in [1.807, 2.05) is 0 Å². The van der Waals surface area contributed by atoms with Crippen LogP contribution in [0.15, 0.2) is 59.1 Å². The van der Waals surface area contributed by atoms with Gasteiger partial charge in [-0.2, -0.15) is 0 Å². The van der Waals surface area contributed by atoms with Gasteiger partial charge in [-0.25, -0.2) is 0 Å². The van der Waals surface area contributed by atoms with E-state index in [0.717, 1.165) is 4.47 Å². The third-order valence-electron chi connectivity index (χ3n) is 3.62. The molecule has 0 radical (unpaired) electrons. The van der Waals surface area contributed by atoms with E-state index in [4.69, 9.17) is 0 Å². The van der Waals surface area contributed by atoms with Crippen LogP contribution in [0, 0.1) is 17.4 Å². The van der Waals surface area contributed by atoms with Gasteiger partial charge in [-0.3, -0.25) is 0 Å². The molecule has 0 fully saturated rings. The van der Waals surface area contributed by atoms with Crippen LogP contribution < -0.4 is 0 Å². The molecule has 0 bridgehead atoms. The highest BCUT2D eigenvalue weighted by Crippen LogP contribution is 2.28. The van der Waals surface area contributed by atoms with Crippen molar-refractivity contribution in [3.8, 4) is 16.9 Å². The zero-order chi connectivity index (χ0) is 15.0. The van der Waals surface area contributed by atoms with Crippen molar-refractivity contribution < 1.29 is 0 Å². The number of nitrogens with zero attached hydrogens (tertiary/aromatic N) is 1. The molecule has 2 aromatic carbocycles. The van der Waals surface area contributed by atoms with Gasteiger partial charge < -0.3 is 4.57 Å². The van der Waals surface area contributed by atoms with Crippen LogP contribution in [0.2, 0.25) is 0 Å². The molecule has 21 heavy (non-hydrogen) atoms. The largest absolute Gasteiger partial charge is 0.314 e. The van der Waals surface area contributed by atoms with Gasteiger partial charge in [-0.15, -0.1) is 0 Å². The lowest BCUT2D eigenvalue weighted by Gasteiger charge is -2.13. The van der Waals surface area contributed by atoms with Crippen LogP contribution in [0.3, 0.4) is 0 Å². The fourth-order valence-corrected chi connectivity index (χ4v) is 3.10. The summed E-state index contributed by atoms with van der Waals surface area (Å²) in [6.45, 7) is 4.30. The van der Waals surface area contributed by atoms with Gasteiger partial charge in [0.05, 0.1) is 5.69 Å². The van der Waals surface area contributed by atoms with Gasteiger partial charge in [0.25, 0.3) is 0 Å². The first kappa shape index (κ1) is 14.9. The second kappa shape index (κ2) is 5.97. The second-order valence-electron chi connectivity index (χ2n) is 5.14. The average Bonchev–Trinajstić information content (AvgIpc) is 2.85. The Morgan fingerprint density at radius 1 is 0.905 bits per heavy atom. The van der Waals surface area contributed by atoms with Crippen LogP contribution in [0.1, 0.15) is 11.3 Å². The number of aromatic nitrogens is 1. The lowest BCUT2D eigenvalue weighted by Crippen LogP contribution is -2.00. The van der Waals surface area contributed by atoms with Gasteiger partial charge in [-0.05, 0) is 90.0 Å². The number of benzene rings is 2. The molecule has 0 amide bonds. The maximum Gasteiger partial charge on any atom is 0.0531 e. The van der Waals surface area contributed by atoms with E-state index < -0.39 is 0 Å². The lowest BCUT2D eigenvalue weighted by molar-refractivity contribution is 1.02. The van der Waals surface area contributed by atoms with E-state index in [2.05, 4.69) is 112 Å². The molecular weight excluding hydrogens is 437 g/mol. The zero-order valence-electron chi connectivity index (χ0n) is 11.9. The van der Waals surface area contributed by atoms with Crippen LogP contribution in [0.25, 0.3) is 16.9 Å². The van der Waals surface area contributed by atoms with Crippen LogP contribution in [-0.4, -0.2) is 4.57 Å². The van der Waals surface area contributed by atoms with E-state index in [1.54, 1.807) is 0 Å². The Labute approximate surface area is 147 Å². The molecule has 3 heteroatoms. The summed E-state index contributed by atoms with van der Waals surface area (Å²) >= 11 is 5.87. The van der Waals surface area contributed by atoms with Crippen molar-refractivity contribution in [2.45, 2.75) is 13.8 Å². The Bertz CT molecular complexity index is 787. The Morgan fingerprint density at radius 3 is 2.29 bits per heavy atom. The Hall–Kier alpha value is -1.07. The number of aryl methyl sites for hydroxylation is 2. The molecule has 1 nitrogen and oxygen atoms in total. The van der Waals surface area contributed by atoms with Crippen molar-refractivity contribution >= 4 is 38.5 Å². The number of hydrogen-bond donors (Lipinski definition) is 0. The van der Waals surface area contributed by atoms with Crippen molar-refractivity contribution in [2.24, 2.45) is 0 Å². The smallest absolute Gasteiger partial charge is 0.0531 e. The predicted octanol–water partition coefficient (Wildman–Crippen LogP) is 6.13. The molecule has 0 saturated heterocycles. The highest BCUT2D eigenvalue weighted by atomic mass is 127. The molecule has 0 aliphatic carbocycles. The van der Waals surface area contributed by atoms with Gasteiger partial charge in [0.15, 0.2) is 0 Å². The van der Waals surface area contributed by atoms with Crippen molar-refractivity contribution in [3.05, 3.63) is 73.9 Å². The Kier molecular flexibility index (Phi) is 4.22. The maximum atomic E-state index is 3.50. The van der Waals surface area contributed by atoms with Crippen molar-refractivity contribution in [1.29, 1.82) is 0 Å². The highest BCUT2D eigenvalue weighted by Gasteiger charge is 2.10. The van der Waals surface area contributed by atoms with Crippen LogP contribution >= 0.6 is 38.5 Å². The SMILES string of the molecule is Cc1cc(-n2c(C)ccc2-c2ccc(Br)cc2)ccc1I. The quantitative estimate of drug-likeness (QED) is 0.413. The molecule has 0 aliphatic heterocycles. The number of rotatable bonds is 2. The normalized spacial score (nSPS) is 10.9. The third kappa shape index (κ3) is 2.94. The first-order valence-electron chi connectivity index (χ1n) is 6.77. The minimum Gasteiger partial charge on any atom is -0.314 e. The van der Waals surface area contributed by atoms with Crippen molar-refractivity contribution in [3.63, 3.8) is 0 Å². The molecule has 106 valence electrons. The standard InChI is InChI=1S/C18H15BrIN/c1-12-11-16(8-9-17(12)20)21-13(2)3-10-18(21)14-4-6-15(19)7-5-14/h3-11H,1-2H3. The molecule has 0 unspecified atom stereocenters. The van der Waals surface area contributed by atoms with E-state index >= 15 is 0 Å². The van der Waals surface area contributed by atoms with Crippen molar-refractivity contribution in [2.75, 3.05) is 0 Å². The van der Waals surface area contributed by atoms with Crippen molar-refractivity contribution in [1.82, 2.24) is 4.57 Å². The van der Waals surface area contributed by atoms with E-state index in [0.29, 0.717) is 0 Å². The second-order valence-corrected chi connectivity index (χ2v) is 7.21. The minimum atomic E-state index is 1.10. The summed E-state index contributed by atoms with van der Waals surface area (Å²) in [6, 6.07) is 19.4. The van der Waals surface area contributed by atoms with Gasteiger partial charge >= 0.3 is 0 Å². The molecule has 1 aromatic heterocycles. The van der Waals surface area contributed by atoms with Crippen LogP contribution in [-0.2, 0) is 0 Å².